The van der Waals surface area contributed by atoms with E-state index >= 15 is 0 Å². The van der Waals surface area contributed by atoms with Gasteiger partial charge in [-0.2, -0.15) is 0 Å². The standard InChI is InChI=1S/C15H23ClN2O2/c1-4-8-20-14-7-6-12(16)10-13(14)18-15(19)9-11(3)17-5-2/h6-7,10-11,17H,4-5,8-9H2,1-3H3,(H,18,19). The van der Waals surface area contributed by atoms with Gasteiger partial charge in [0.25, 0.3) is 0 Å². The first-order valence-electron chi connectivity index (χ1n) is 7.02. The number of carbonyl (C=O) groups excluding carboxylic acids is 1. The van der Waals surface area contributed by atoms with Crippen LogP contribution in [0.4, 0.5) is 5.69 Å². The molecule has 1 unspecified atom stereocenters. The van der Waals surface area contributed by atoms with Crippen LogP contribution in [0.25, 0.3) is 0 Å². The monoisotopic (exact) mass is 298 g/mol. The minimum absolute atomic E-state index is 0.0536. The molecule has 0 radical (unpaired) electrons. The number of hydrogen-bond donors (Lipinski definition) is 2. The zero-order valence-corrected chi connectivity index (χ0v) is 13.1. The molecule has 0 saturated carbocycles. The summed E-state index contributed by atoms with van der Waals surface area (Å²) < 4.78 is 5.61. The van der Waals surface area contributed by atoms with Crippen molar-refractivity contribution in [2.75, 3.05) is 18.5 Å². The molecule has 0 aliphatic rings. The van der Waals surface area contributed by atoms with Crippen LogP contribution in [0.5, 0.6) is 5.75 Å². The van der Waals surface area contributed by atoms with Gasteiger partial charge in [-0.25, -0.2) is 0 Å². The summed E-state index contributed by atoms with van der Waals surface area (Å²) in [6.45, 7) is 7.48. The third-order valence-corrected chi connectivity index (χ3v) is 2.96. The molecule has 0 saturated heterocycles. The van der Waals surface area contributed by atoms with Gasteiger partial charge in [0, 0.05) is 17.5 Å². The molecule has 1 aromatic rings. The van der Waals surface area contributed by atoms with Crippen molar-refractivity contribution in [2.45, 2.75) is 39.7 Å². The highest BCUT2D eigenvalue weighted by molar-refractivity contribution is 6.31. The zero-order valence-electron chi connectivity index (χ0n) is 12.3. The van der Waals surface area contributed by atoms with Crippen molar-refractivity contribution in [1.82, 2.24) is 5.32 Å². The molecule has 0 aliphatic heterocycles. The summed E-state index contributed by atoms with van der Waals surface area (Å²) >= 11 is 5.97. The van der Waals surface area contributed by atoms with Gasteiger partial charge < -0.3 is 15.4 Å². The lowest BCUT2D eigenvalue weighted by molar-refractivity contribution is -0.116. The maximum absolute atomic E-state index is 12.0. The highest BCUT2D eigenvalue weighted by Gasteiger charge is 2.11. The summed E-state index contributed by atoms with van der Waals surface area (Å²) in [7, 11) is 0. The van der Waals surface area contributed by atoms with Gasteiger partial charge in [-0.15, -0.1) is 0 Å². The lowest BCUT2D eigenvalue weighted by Gasteiger charge is -2.15. The summed E-state index contributed by atoms with van der Waals surface area (Å²) in [6.07, 6.45) is 1.32. The molecule has 0 bridgehead atoms. The Kier molecular flexibility index (Phi) is 7.41. The van der Waals surface area contributed by atoms with Gasteiger partial charge in [-0.05, 0) is 38.1 Å². The van der Waals surface area contributed by atoms with Gasteiger partial charge >= 0.3 is 0 Å². The zero-order chi connectivity index (χ0) is 15.0. The second-order valence-corrected chi connectivity index (χ2v) is 5.14. The molecule has 0 heterocycles. The molecule has 0 spiro atoms. The van der Waals surface area contributed by atoms with Crippen molar-refractivity contribution >= 4 is 23.2 Å². The molecule has 112 valence electrons. The fraction of sp³-hybridized carbons (Fsp3) is 0.533. The smallest absolute Gasteiger partial charge is 0.226 e. The predicted octanol–water partition coefficient (Wildman–Crippen LogP) is 3.46. The Morgan fingerprint density at radius 1 is 1.40 bits per heavy atom. The molecule has 1 atom stereocenters. The highest BCUT2D eigenvalue weighted by atomic mass is 35.5. The number of carbonyl (C=O) groups is 1. The lowest BCUT2D eigenvalue weighted by atomic mass is 10.2. The number of anilines is 1. The van der Waals surface area contributed by atoms with E-state index in [1.54, 1.807) is 18.2 Å². The third-order valence-electron chi connectivity index (χ3n) is 2.72. The number of benzene rings is 1. The molecule has 1 amide bonds. The van der Waals surface area contributed by atoms with Gasteiger partial charge in [-0.3, -0.25) is 4.79 Å². The summed E-state index contributed by atoms with van der Waals surface area (Å²) in [6, 6.07) is 5.38. The topological polar surface area (TPSA) is 50.4 Å². The first kappa shape index (κ1) is 16.8. The summed E-state index contributed by atoms with van der Waals surface area (Å²) in [5, 5.41) is 6.64. The molecule has 0 aromatic heterocycles. The molecular formula is C15H23ClN2O2. The quantitative estimate of drug-likeness (QED) is 0.773. The second-order valence-electron chi connectivity index (χ2n) is 4.70. The van der Waals surface area contributed by atoms with Crippen LogP contribution in [0.1, 0.15) is 33.6 Å². The maximum atomic E-state index is 12.0. The molecule has 1 rings (SSSR count). The fourth-order valence-electron chi connectivity index (χ4n) is 1.84. The Hall–Kier alpha value is -1.26. The Balaban J connectivity index is 2.69. The fourth-order valence-corrected chi connectivity index (χ4v) is 2.01. The minimum Gasteiger partial charge on any atom is -0.491 e. The average Bonchev–Trinajstić information content (AvgIpc) is 2.37. The van der Waals surface area contributed by atoms with Crippen LogP contribution in [-0.4, -0.2) is 25.1 Å². The van der Waals surface area contributed by atoms with Gasteiger partial charge in [0.1, 0.15) is 5.75 Å². The largest absolute Gasteiger partial charge is 0.491 e. The Morgan fingerprint density at radius 2 is 2.15 bits per heavy atom. The molecule has 0 fully saturated rings. The lowest BCUT2D eigenvalue weighted by Crippen LogP contribution is -2.30. The minimum atomic E-state index is -0.0536. The maximum Gasteiger partial charge on any atom is 0.226 e. The van der Waals surface area contributed by atoms with Crippen LogP contribution in [0.3, 0.4) is 0 Å². The van der Waals surface area contributed by atoms with E-state index in [1.807, 2.05) is 20.8 Å². The van der Waals surface area contributed by atoms with E-state index in [4.69, 9.17) is 16.3 Å². The van der Waals surface area contributed by atoms with Crippen LogP contribution in [-0.2, 0) is 4.79 Å². The van der Waals surface area contributed by atoms with E-state index in [2.05, 4.69) is 10.6 Å². The van der Waals surface area contributed by atoms with E-state index in [-0.39, 0.29) is 11.9 Å². The van der Waals surface area contributed by atoms with E-state index < -0.39 is 0 Å². The van der Waals surface area contributed by atoms with Gasteiger partial charge in [0.15, 0.2) is 0 Å². The summed E-state index contributed by atoms with van der Waals surface area (Å²) in [5.41, 5.74) is 0.625. The first-order valence-corrected chi connectivity index (χ1v) is 7.40. The SMILES string of the molecule is CCCOc1ccc(Cl)cc1NC(=O)CC(C)NCC. The average molecular weight is 299 g/mol. The highest BCUT2D eigenvalue weighted by Crippen LogP contribution is 2.28. The van der Waals surface area contributed by atoms with Crippen molar-refractivity contribution in [3.05, 3.63) is 23.2 Å². The number of hydrogen-bond acceptors (Lipinski definition) is 3. The number of halogens is 1. The van der Waals surface area contributed by atoms with Crippen molar-refractivity contribution in [1.29, 1.82) is 0 Å². The van der Waals surface area contributed by atoms with Crippen LogP contribution in [0.15, 0.2) is 18.2 Å². The molecule has 20 heavy (non-hydrogen) atoms. The normalized spacial score (nSPS) is 12.0. The van der Waals surface area contributed by atoms with Crippen molar-refractivity contribution in [2.24, 2.45) is 0 Å². The first-order chi connectivity index (χ1) is 9.56. The van der Waals surface area contributed by atoms with Crippen molar-refractivity contribution < 1.29 is 9.53 Å². The summed E-state index contributed by atoms with van der Waals surface area (Å²) in [5.74, 6) is 0.600. The van der Waals surface area contributed by atoms with Gasteiger partial charge in [0.05, 0.1) is 12.3 Å². The molecule has 0 aliphatic carbocycles. The molecule has 1 aromatic carbocycles. The Bertz CT molecular complexity index is 438. The number of rotatable bonds is 8. The van der Waals surface area contributed by atoms with E-state index in [1.165, 1.54) is 0 Å². The molecule has 5 heteroatoms. The van der Waals surface area contributed by atoms with Crippen molar-refractivity contribution in [3.63, 3.8) is 0 Å². The molecular weight excluding hydrogens is 276 g/mol. The Labute approximate surface area is 125 Å². The molecule has 2 N–H and O–H groups in total. The van der Waals surface area contributed by atoms with E-state index in [0.717, 1.165) is 13.0 Å². The summed E-state index contributed by atoms with van der Waals surface area (Å²) in [4.78, 5) is 12.0. The Morgan fingerprint density at radius 3 is 2.80 bits per heavy atom. The van der Waals surface area contributed by atoms with Gasteiger partial charge in [0.2, 0.25) is 5.91 Å². The van der Waals surface area contributed by atoms with Crippen LogP contribution in [0.2, 0.25) is 5.02 Å². The number of nitrogens with one attached hydrogen (secondary N) is 2. The van der Waals surface area contributed by atoms with E-state index in [0.29, 0.717) is 29.5 Å². The molecule has 4 nitrogen and oxygen atoms in total. The number of amides is 1. The van der Waals surface area contributed by atoms with Crippen LogP contribution < -0.4 is 15.4 Å². The van der Waals surface area contributed by atoms with Crippen molar-refractivity contribution in [3.8, 4) is 5.75 Å². The predicted molar refractivity (Wildman–Crippen MR) is 83.6 cm³/mol. The van der Waals surface area contributed by atoms with E-state index in [9.17, 15) is 4.79 Å². The van der Waals surface area contributed by atoms with Crippen LogP contribution >= 0.6 is 11.6 Å². The number of ether oxygens (including phenoxy) is 1. The third kappa shape index (κ3) is 5.80. The van der Waals surface area contributed by atoms with Gasteiger partial charge in [-0.1, -0.05) is 25.4 Å². The second kappa shape index (κ2) is 8.82. The van der Waals surface area contributed by atoms with Crippen LogP contribution in [0, 0.1) is 0 Å².